The van der Waals surface area contributed by atoms with Gasteiger partial charge in [-0.2, -0.15) is 5.10 Å². The molecule has 2 saturated carbocycles. The van der Waals surface area contributed by atoms with Crippen LogP contribution < -0.4 is 5.32 Å². The molecule has 4 heteroatoms. The summed E-state index contributed by atoms with van der Waals surface area (Å²) in [6.07, 6.45) is 6.67. The maximum absolute atomic E-state index is 4.17. The Morgan fingerprint density at radius 3 is 2.83 bits per heavy atom. The van der Waals surface area contributed by atoms with E-state index in [1.165, 1.54) is 19.3 Å². The summed E-state index contributed by atoms with van der Waals surface area (Å²) in [4.78, 5) is 4.17. The number of hydrogen-bond donors (Lipinski definition) is 2. The number of aromatic nitrogens is 3. The number of aromatic amines is 1. The van der Waals surface area contributed by atoms with E-state index in [4.69, 9.17) is 0 Å². The fraction of sp³-hybridized carbons (Fsp3) is 0.857. The molecule has 2 aliphatic carbocycles. The van der Waals surface area contributed by atoms with Crippen molar-refractivity contribution in [2.45, 2.75) is 52.5 Å². The Morgan fingerprint density at radius 1 is 1.44 bits per heavy atom. The summed E-state index contributed by atoms with van der Waals surface area (Å²) in [5, 5.41) is 10.6. The molecule has 1 heterocycles. The summed E-state index contributed by atoms with van der Waals surface area (Å²) in [7, 11) is 0. The maximum Gasteiger partial charge on any atom is 0.137 e. The van der Waals surface area contributed by atoms with E-state index in [2.05, 4.69) is 41.3 Å². The van der Waals surface area contributed by atoms with E-state index in [0.717, 1.165) is 24.7 Å². The first kappa shape index (κ1) is 12.2. The molecule has 2 N–H and O–H groups in total. The standard InChI is InChI=1S/C14H24N4/c1-13(2)10-4-6-14(13,3)11(8-10)15-7-5-12-16-9-17-18-12/h9-11,15H,4-8H2,1-3H3,(H,16,17,18). The van der Waals surface area contributed by atoms with Gasteiger partial charge in [0.05, 0.1) is 0 Å². The van der Waals surface area contributed by atoms with Crippen LogP contribution in [-0.2, 0) is 6.42 Å². The Labute approximate surface area is 109 Å². The third kappa shape index (κ3) is 1.62. The fourth-order valence-electron chi connectivity index (χ4n) is 4.23. The van der Waals surface area contributed by atoms with Gasteiger partial charge in [0, 0.05) is 19.0 Å². The van der Waals surface area contributed by atoms with Crippen LogP contribution in [0.5, 0.6) is 0 Å². The Balaban J connectivity index is 1.59. The first-order chi connectivity index (χ1) is 8.54. The second-order valence-corrected chi connectivity index (χ2v) is 6.80. The van der Waals surface area contributed by atoms with Gasteiger partial charge in [0.2, 0.25) is 0 Å². The molecule has 18 heavy (non-hydrogen) atoms. The highest BCUT2D eigenvalue weighted by atomic mass is 15.2. The molecule has 0 radical (unpaired) electrons. The molecule has 0 saturated heterocycles. The summed E-state index contributed by atoms with van der Waals surface area (Å²) < 4.78 is 0. The van der Waals surface area contributed by atoms with Crippen molar-refractivity contribution in [1.29, 1.82) is 0 Å². The molecule has 3 unspecified atom stereocenters. The topological polar surface area (TPSA) is 53.6 Å². The van der Waals surface area contributed by atoms with Crippen LogP contribution in [0, 0.1) is 16.7 Å². The third-order valence-electron chi connectivity index (χ3n) is 6.01. The van der Waals surface area contributed by atoms with Crippen LogP contribution in [0.25, 0.3) is 0 Å². The molecule has 4 nitrogen and oxygen atoms in total. The third-order valence-corrected chi connectivity index (χ3v) is 6.01. The first-order valence-corrected chi connectivity index (χ1v) is 7.12. The molecule has 1 aromatic rings. The minimum atomic E-state index is 0.471. The number of H-pyrrole nitrogens is 1. The minimum Gasteiger partial charge on any atom is -0.313 e. The molecule has 2 aliphatic rings. The van der Waals surface area contributed by atoms with Gasteiger partial charge in [0.15, 0.2) is 0 Å². The lowest BCUT2D eigenvalue weighted by atomic mass is 9.69. The average molecular weight is 248 g/mol. The van der Waals surface area contributed by atoms with E-state index in [1.54, 1.807) is 6.33 Å². The number of fused-ring (bicyclic) bond motifs is 2. The predicted molar refractivity (Wildman–Crippen MR) is 71.1 cm³/mol. The fourth-order valence-corrected chi connectivity index (χ4v) is 4.23. The van der Waals surface area contributed by atoms with Gasteiger partial charge in [-0.3, -0.25) is 5.10 Å². The molecule has 2 fully saturated rings. The molecule has 1 aromatic heterocycles. The van der Waals surface area contributed by atoms with E-state index < -0.39 is 0 Å². The second-order valence-electron chi connectivity index (χ2n) is 6.80. The Morgan fingerprint density at radius 2 is 2.28 bits per heavy atom. The molecule has 0 aromatic carbocycles. The van der Waals surface area contributed by atoms with Crippen LogP contribution >= 0.6 is 0 Å². The molecule has 0 aliphatic heterocycles. The van der Waals surface area contributed by atoms with Crippen LogP contribution in [0.3, 0.4) is 0 Å². The molecule has 3 rings (SSSR count). The van der Waals surface area contributed by atoms with Crippen molar-refractivity contribution < 1.29 is 0 Å². The Kier molecular flexibility index (Phi) is 2.73. The van der Waals surface area contributed by atoms with E-state index in [0.29, 0.717) is 16.9 Å². The maximum atomic E-state index is 4.17. The molecular weight excluding hydrogens is 224 g/mol. The normalized spacial score (nSPS) is 37.3. The number of nitrogens with zero attached hydrogens (tertiary/aromatic N) is 2. The predicted octanol–water partition coefficient (Wildman–Crippen LogP) is 2.15. The van der Waals surface area contributed by atoms with Crippen molar-refractivity contribution in [3.05, 3.63) is 12.2 Å². The van der Waals surface area contributed by atoms with E-state index in [-0.39, 0.29) is 0 Å². The van der Waals surface area contributed by atoms with Gasteiger partial charge in [0.1, 0.15) is 12.2 Å². The summed E-state index contributed by atoms with van der Waals surface area (Å²) in [6, 6.07) is 0.675. The van der Waals surface area contributed by atoms with Gasteiger partial charge < -0.3 is 5.32 Å². The van der Waals surface area contributed by atoms with Crippen LogP contribution in [-0.4, -0.2) is 27.8 Å². The smallest absolute Gasteiger partial charge is 0.137 e. The van der Waals surface area contributed by atoms with Gasteiger partial charge >= 0.3 is 0 Å². The summed E-state index contributed by atoms with van der Waals surface area (Å²) in [5.41, 5.74) is 0.968. The van der Waals surface area contributed by atoms with Gasteiger partial charge in [-0.25, -0.2) is 4.98 Å². The number of hydrogen-bond acceptors (Lipinski definition) is 3. The Bertz CT molecular complexity index is 411. The summed E-state index contributed by atoms with van der Waals surface area (Å²) in [6.45, 7) is 8.40. The minimum absolute atomic E-state index is 0.471. The summed E-state index contributed by atoms with van der Waals surface area (Å²) in [5.74, 6) is 1.89. The van der Waals surface area contributed by atoms with Gasteiger partial charge in [-0.05, 0) is 36.0 Å². The van der Waals surface area contributed by atoms with Gasteiger partial charge in [-0.15, -0.1) is 0 Å². The van der Waals surface area contributed by atoms with Crippen LogP contribution in [0.15, 0.2) is 6.33 Å². The SMILES string of the molecule is CC1(C)C2CCC1(C)C(NCCc1ncn[nH]1)C2. The van der Waals surface area contributed by atoms with Crippen LogP contribution in [0.2, 0.25) is 0 Å². The highest BCUT2D eigenvalue weighted by Crippen LogP contribution is 2.65. The van der Waals surface area contributed by atoms with Crippen molar-refractivity contribution in [2.24, 2.45) is 16.7 Å². The zero-order chi connectivity index (χ0) is 12.8. The molecular formula is C14H24N4. The van der Waals surface area contributed by atoms with E-state index in [9.17, 15) is 0 Å². The lowest BCUT2D eigenvalue weighted by Crippen LogP contribution is -2.45. The largest absolute Gasteiger partial charge is 0.313 e. The lowest BCUT2D eigenvalue weighted by Gasteiger charge is -2.39. The van der Waals surface area contributed by atoms with Crippen molar-refractivity contribution in [1.82, 2.24) is 20.5 Å². The summed E-state index contributed by atoms with van der Waals surface area (Å²) >= 11 is 0. The Hall–Kier alpha value is -0.900. The first-order valence-electron chi connectivity index (χ1n) is 7.12. The highest BCUT2D eigenvalue weighted by molar-refractivity contribution is 5.13. The van der Waals surface area contributed by atoms with E-state index in [1.807, 2.05) is 0 Å². The number of nitrogens with one attached hydrogen (secondary N) is 2. The van der Waals surface area contributed by atoms with E-state index >= 15 is 0 Å². The lowest BCUT2D eigenvalue weighted by molar-refractivity contribution is 0.121. The van der Waals surface area contributed by atoms with Crippen molar-refractivity contribution >= 4 is 0 Å². The monoisotopic (exact) mass is 248 g/mol. The van der Waals surface area contributed by atoms with Crippen molar-refractivity contribution in [2.75, 3.05) is 6.54 Å². The molecule has 3 atom stereocenters. The zero-order valence-electron chi connectivity index (χ0n) is 11.7. The van der Waals surface area contributed by atoms with Crippen molar-refractivity contribution in [3.8, 4) is 0 Å². The quantitative estimate of drug-likeness (QED) is 0.858. The molecule has 100 valence electrons. The molecule has 0 spiro atoms. The zero-order valence-corrected chi connectivity index (χ0v) is 11.7. The highest BCUT2D eigenvalue weighted by Gasteiger charge is 2.60. The second kappa shape index (κ2) is 4.05. The van der Waals surface area contributed by atoms with Gasteiger partial charge in [0.25, 0.3) is 0 Å². The average Bonchev–Trinajstić information content (AvgIpc) is 2.95. The van der Waals surface area contributed by atoms with Crippen LogP contribution in [0.1, 0.15) is 45.9 Å². The number of rotatable bonds is 4. The van der Waals surface area contributed by atoms with Crippen molar-refractivity contribution in [3.63, 3.8) is 0 Å². The van der Waals surface area contributed by atoms with Crippen LogP contribution in [0.4, 0.5) is 0 Å². The molecule has 0 amide bonds. The van der Waals surface area contributed by atoms with Gasteiger partial charge in [-0.1, -0.05) is 20.8 Å². The molecule has 2 bridgehead atoms.